The molecule has 132 valence electrons. The molecule has 1 aliphatic rings. The highest BCUT2D eigenvalue weighted by atomic mass is 32.1. The minimum atomic E-state index is 0.0506. The van der Waals surface area contributed by atoms with Crippen molar-refractivity contribution in [1.82, 2.24) is 4.90 Å². The summed E-state index contributed by atoms with van der Waals surface area (Å²) in [5.74, 6) is 0.0506. The Hall–Kier alpha value is -2.59. The molecule has 4 rings (SSSR count). The zero-order valence-electron chi connectivity index (χ0n) is 14.7. The molecule has 3 nitrogen and oxygen atoms in total. The Bertz CT molecular complexity index is 861. The van der Waals surface area contributed by atoms with Crippen molar-refractivity contribution in [3.63, 3.8) is 0 Å². The number of nitrogen functional groups attached to an aromatic ring is 1. The summed E-state index contributed by atoms with van der Waals surface area (Å²) in [4.78, 5) is 16.7. The number of anilines is 1. The molecule has 4 heteroatoms. The molecule has 1 aliphatic carbocycles. The van der Waals surface area contributed by atoms with E-state index in [1.807, 2.05) is 41.3 Å². The third-order valence-electron chi connectivity index (χ3n) is 4.88. The van der Waals surface area contributed by atoms with E-state index in [9.17, 15) is 4.79 Å². The maximum atomic E-state index is 13.4. The fraction of sp³-hybridized carbons (Fsp3) is 0.227. The van der Waals surface area contributed by atoms with Crippen LogP contribution in [0, 0.1) is 0 Å². The van der Waals surface area contributed by atoms with Crippen molar-refractivity contribution in [3.05, 3.63) is 87.8 Å². The van der Waals surface area contributed by atoms with Gasteiger partial charge in [0.05, 0.1) is 10.6 Å². The molecule has 0 spiro atoms. The molecule has 0 aliphatic heterocycles. The lowest BCUT2D eigenvalue weighted by Gasteiger charge is -2.24. The summed E-state index contributed by atoms with van der Waals surface area (Å²) >= 11 is 1.59. The highest BCUT2D eigenvalue weighted by molar-refractivity contribution is 7.16. The fourth-order valence-electron chi connectivity index (χ4n) is 3.63. The summed E-state index contributed by atoms with van der Waals surface area (Å²) in [5, 5.41) is 0.672. The number of fused-ring (bicyclic) bond motifs is 1. The summed E-state index contributed by atoms with van der Waals surface area (Å²) in [6.07, 6.45) is 3.14. The predicted octanol–water partition coefficient (Wildman–Crippen LogP) is 4.66. The van der Waals surface area contributed by atoms with E-state index in [0.29, 0.717) is 18.1 Å². The van der Waals surface area contributed by atoms with E-state index >= 15 is 0 Å². The molecule has 0 saturated carbocycles. The van der Waals surface area contributed by atoms with Crippen LogP contribution in [0.1, 0.15) is 38.3 Å². The number of rotatable bonds is 5. The number of nitrogens with two attached hydrogens (primary N) is 1. The Labute approximate surface area is 158 Å². The van der Waals surface area contributed by atoms with Crippen LogP contribution in [0.3, 0.4) is 0 Å². The summed E-state index contributed by atoms with van der Waals surface area (Å²) in [6, 6.07) is 20.3. The lowest BCUT2D eigenvalue weighted by molar-refractivity contribution is 0.0730. The van der Waals surface area contributed by atoms with Crippen LogP contribution >= 0.6 is 11.3 Å². The smallest absolute Gasteiger partial charge is 0.257 e. The monoisotopic (exact) mass is 362 g/mol. The van der Waals surface area contributed by atoms with E-state index in [1.54, 1.807) is 11.3 Å². The van der Waals surface area contributed by atoms with Crippen LogP contribution < -0.4 is 5.73 Å². The lowest BCUT2D eigenvalue weighted by Crippen LogP contribution is -2.31. The topological polar surface area (TPSA) is 46.3 Å². The third-order valence-corrected chi connectivity index (χ3v) is 6.00. The van der Waals surface area contributed by atoms with E-state index in [2.05, 4.69) is 24.3 Å². The van der Waals surface area contributed by atoms with Gasteiger partial charge in [0.1, 0.15) is 0 Å². The van der Waals surface area contributed by atoms with Crippen LogP contribution in [0.5, 0.6) is 0 Å². The normalized spacial score (nSPS) is 12.8. The van der Waals surface area contributed by atoms with Crippen molar-refractivity contribution < 1.29 is 4.79 Å². The van der Waals surface area contributed by atoms with E-state index in [4.69, 9.17) is 5.73 Å². The van der Waals surface area contributed by atoms with Gasteiger partial charge >= 0.3 is 0 Å². The van der Waals surface area contributed by atoms with Gasteiger partial charge in [-0.1, -0.05) is 60.7 Å². The van der Waals surface area contributed by atoms with Crippen molar-refractivity contribution in [1.29, 1.82) is 0 Å². The van der Waals surface area contributed by atoms with Crippen LogP contribution in [-0.4, -0.2) is 10.8 Å². The second-order valence-corrected chi connectivity index (χ2v) is 7.87. The second-order valence-electron chi connectivity index (χ2n) is 6.73. The Kier molecular flexibility index (Phi) is 4.76. The molecule has 0 fully saturated rings. The number of carbonyl (C=O) groups is 1. The van der Waals surface area contributed by atoms with Crippen LogP contribution in [0.15, 0.2) is 60.7 Å². The third kappa shape index (κ3) is 3.37. The number of hydrogen-bond donors (Lipinski definition) is 1. The van der Waals surface area contributed by atoms with Gasteiger partial charge in [-0.25, -0.2) is 0 Å². The Morgan fingerprint density at radius 1 is 0.923 bits per heavy atom. The molecule has 2 aromatic carbocycles. The van der Waals surface area contributed by atoms with Crippen molar-refractivity contribution >= 4 is 22.2 Å². The number of carbonyl (C=O) groups excluding carboxylic acids is 1. The maximum Gasteiger partial charge on any atom is 0.257 e. The average molecular weight is 362 g/mol. The molecule has 1 heterocycles. The first-order chi connectivity index (χ1) is 12.7. The van der Waals surface area contributed by atoms with E-state index in [1.165, 1.54) is 10.4 Å². The molecular weight excluding hydrogens is 340 g/mol. The number of nitrogens with zero attached hydrogens (tertiary/aromatic N) is 1. The molecule has 26 heavy (non-hydrogen) atoms. The van der Waals surface area contributed by atoms with Gasteiger partial charge in [0.15, 0.2) is 0 Å². The van der Waals surface area contributed by atoms with Gasteiger partial charge in [-0.05, 0) is 36.0 Å². The second kappa shape index (κ2) is 7.34. The van der Waals surface area contributed by atoms with E-state index in [-0.39, 0.29) is 5.91 Å². The SMILES string of the molecule is Nc1sc2c(c1C(=O)N(Cc1ccccc1)Cc1ccccc1)CCC2. The maximum absolute atomic E-state index is 13.4. The highest BCUT2D eigenvalue weighted by Gasteiger charge is 2.28. The van der Waals surface area contributed by atoms with Gasteiger partial charge in [0.2, 0.25) is 0 Å². The van der Waals surface area contributed by atoms with E-state index < -0.39 is 0 Å². The number of hydrogen-bond acceptors (Lipinski definition) is 3. The number of benzene rings is 2. The molecule has 0 radical (unpaired) electrons. The number of amides is 1. The fourth-order valence-corrected chi connectivity index (χ4v) is 4.78. The van der Waals surface area contributed by atoms with Crippen molar-refractivity contribution in [3.8, 4) is 0 Å². The molecular formula is C22H22N2OS. The zero-order valence-corrected chi connectivity index (χ0v) is 15.5. The van der Waals surface area contributed by atoms with Gasteiger partial charge in [0, 0.05) is 18.0 Å². The summed E-state index contributed by atoms with van der Waals surface area (Å²) in [6.45, 7) is 1.16. The van der Waals surface area contributed by atoms with Gasteiger partial charge in [-0.15, -0.1) is 11.3 Å². The molecule has 0 atom stereocenters. The lowest BCUT2D eigenvalue weighted by atomic mass is 10.1. The van der Waals surface area contributed by atoms with Crippen LogP contribution in [0.4, 0.5) is 5.00 Å². The number of thiophene rings is 1. The average Bonchev–Trinajstić information content (AvgIpc) is 3.22. The number of aryl methyl sites for hydroxylation is 1. The van der Waals surface area contributed by atoms with Gasteiger partial charge in [-0.2, -0.15) is 0 Å². The quantitative estimate of drug-likeness (QED) is 0.717. The Balaban J connectivity index is 1.67. The predicted molar refractivity (Wildman–Crippen MR) is 107 cm³/mol. The van der Waals surface area contributed by atoms with Crippen molar-refractivity contribution in [2.75, 3.05) is 5.73 Å². The zero-order chi connectivity index (χ0) is 17.9. The van der Waals surface area contributed by atoms with Crippen LogP contribution in [0.25, 0.3) is 0 Å². The summed E-state index contributed by atoms with van der Waals surface area (Å²) < 4.78 is 0. The summed E-state index contributed by atoms with van der Waals surface area (Å²) in [7, 11) is 0. The first-order valence-corrected chi connectivity index (χ1v) is 9.81. The molecule has 0 unspecified atom stereocenters. The highest BCUT2D eigenvalue weighted by Crippen LogP contribution is 2.38. The van der Waals surface area contributed by atoms with Gasteiger partial charge < -0.3 is 10.6 Å². The molecule has 2 N–H and O–H groups in total. The molecule has 0 bridgehead atoms. The largest absolute Gasteiger partial charge is 0.390 e. The van der Waals surface area contributed by atoms with Gasteiger partial charge in [-0.3, -0.25) is 4.79 Å². The molecule has 3 aromatic rings. The van der Waals surface area contributed by atoms with Crippen molar-refractivity contribution in [2.45, 2.75) is 32.4 Å². The van der Waals surface area contributed by atoms with Crippen molar-refractivity contribution in [2.24, 2.45) is 0 Å². The molecule has 1 amide bonds. The van der Waals surface area contributed by atoms with Gasteiger partial charge in [0.25, 0.3) is 5.91 Å². The van der Waals surface area contributed by atoms with Crippen LogP contribution in [0.2, 0.25) is 0 Å². The first kappa shape index (κ1) is 16.9. The minimum absolute atomic E-state index is 0.0506. The summed E-state index contributed by atoms with van der Waals surface area (Å²) in [5.41, 5.74) is 10.4. The first-order valence-electron chi connectivity index (χ1n) is 8.99. The van der Waals surface area contributed by atoms with E-state index in [0.717, 1.165) is 36.0 Å². The van der Waals surface area contributed by atoms with Crippen LogP contribution in [-0.2, 0) is 25.9 Å². The molecule has 1 aromatic heterocycles. The molecule has 0 saturated heterocycles. The standard InChI is InChI=1S/C22H22N2OS/c23-21-20(18-12-7-13-19(18)26-21)22(25)24(14-16-8-3-1-4-9-16)15-17-10-5-2-6-11-17/h1-6,8-11H,7,12-15,23H2. The Morgan fingerprint density at radius 2 is 1.50 bits per heavy atom. The minimum Gasteiger partial charge on any atom is -0.390 e. The Morgan fingerprint density at radius 3 is 2.08 bits per heavy atom.